The summed E-state index contributed by atoms with van der Waals surface area (Å²) in [7, 11) is 3.12. The molecular formula is C17H18N2O4. The van der Waals surface area contributed by atoms with E-state index in [2.05, 4.69) is 4.98 Å². The van der Waals surface area contributed by atoms with Crippen LogP contribution in [0.1, 0.15) is 10.4 Å². The van der Waals surface area contributed by atoms with E-state index in [0.717, 1.165) is 0 Å². The van der Waals surface area contributed by atoms with E-state index in [0.29, 0.717) is 35.9 Å². The van der Waals surface area contributed by atoms with Gasteiger partial charge in [0, 0.05) is 17.8 Å². The molecule has 2 heterocycles. The molecule has 1 amide bonds. The molecule has 1 saturated heterocycles. The van der Waals surface area contributed by atoms with Crippen molar-refractivity contribution >= 4 is 5.91 Å². The molecule has 23 heavy (non-hydrogen) atoms. The molecule has 1 fully saturated rings. The van der Waals surface area contributed by atoms with Gasteiger partial charge in [-0.15, -0.1) is 0 Å². The van der Waals surface area contributed by atoms with Crippen molar-refractivity contribution in [1.29, 1.82) is 0 Å². The molecular weight excluding hydrogens is 296 g/mol. The van der Waals surface area contributed by atoms with Gasteiger partial charge in [0.25, 0.3) is 5.91 Å². The predicted octanol–water partition coefficient (Wildman–Crippen LogP) is 2.00. The number of rotatable bonds is 5. The summed E-state index contributed by atoms with van der Waals surface area (Å²) in [6.45, 7) is 1.10. The minimum atomic E-state index is -0.0618. The van der Waals surface area contributed by atoms with E-state index in [1.807, 2.05) is 12.1 Å². The molecule has 0 saturated carbocycles. The molecule has 0 radical (unpaired) electrons. The Labute approximate surface area is 134 Å². The van der Waals surface area contributed by atoms with Gasteiger partial charge in [-0.3, -0.25) is 9.78 Å². The van der Waals surface area contributed by atoms with E-state index < -0.39 is 0 Å². The highest BCUT2D eigenvalue weighted by Crippen LogP contribution is 2.25. The molecule has 2 aromatic rings. The summed E-state index contributed by atoms with van der Waals surface area (Å²) in [5.41, 5.74) is 0.543. The van der Waals surface area contributed by atoms with E-state index in [1.54, 1.807) is 49.7 Å². The lowest BCUT2D eigenvalue weighted by molar-refractivity contribution is 0.0176. The Hall–Kier alpha value is -2.76. The Bertz CT molecular complexity index is 662. The number of ether oxygens (including phenoxy) is 3. The van der Waals surface area contributed by atoms with Crippen LogP contribution in [-0.4, -0.2) is 49.2 Å². The van der Waals surface area contributed by atoms with E-state index in [-0.39, 0.29) is 12.0 Å². The van der Waals surface area contributed by atoms with Crippen LogP contribution in [0.25, 0.3) is 0 Å². The van der Waals surface area contributed by atoms with Crippen molar-refractivity contribution in [2.45, 2.75) is 6.10 Å². The van der Waals surface area contributed by atoms with Gasteiger partial charge < -0.3 is 19.1 Å². The maximum Gasteiger partial charge on any atom is 0.254 e. The van der Waals surface area contributed by atoms with Crippen LogP contribution in [-0.2, 0) is 0 Å². The zero-order valence-corrected chi connectivity index (χ0v) is 13.1. The number of amides is 1. The Morgan fingerprint density at radius 1 is 1.13 bits per heavy atom. The van der Waals surface area contributed by atoms with E-state index in [9.17, 15) is 4.79 Å². The highest BCUT2D eigenvalue weighted by Gasteiger charge is 2.33. The van der Waals surface area contributed by atoms with Crippen LogP contribution in [0.5, 0.6) is 17.2 Å². The summed E-state index contributed by atoms with van der Waals surface area (Å²) >= 11 is 0. The molecule has 6 nitrogen and oxygen atoms in total. The van der Waals surface area contributed by atoms with Gasteiger partial charge in [0.2, 0.25) is 0 Å². The standard InChI is InChI=1S/C17H18N2O4/c1-21-14-6-12(7-15(8-14)22-2)17(20)19-10-16(11-19)23-13-4-3-5-18-9-13/h3-9,16H,10-11H2,1-2H3. The number of hydrogen-bond donors (Lipinski definition) is 0. The van der Waals surface area contributed by atoms with Crippen molar-refractivity contribution in [3.63, 3.8) is 0 Å². The second kappa shape index (κ2) is 6.56. The second-order valence-corrected chi connectivity index (χ2v) is 5.24. The monoisotopic (exact) mass is 314 g/mol. The van der Waals surface area contributed by atoms with Crippen LogP contribution in [0.3, 0.4) is 0 Å². The fourth-order valence-corrected chi connectivity index (χ4v) is 2.40. The Morgan fingerprint density at radius 3 is 2.39 bits per heavy atom. The molecule has 1 aliphatic rings. The zero-order valence-electron chi connectivity index (χ0n) is 13.1. The normalized spacial score (nSPS) is 14.1. The number of aromatic nitrogens is 1. The summed E-state index contributed by atoms with van der Waals surface area (Å²) < 4.78 is 16.1. The van der Waals surface area contributed by atoms with Gasteiger partial charge in [0.05, 0.1) is 33.5 Å². The number of nitrogens with zero attached hydrogens (tertiary/aromatic N) is 2. The topological polar surface area (TPSA) is 60.9 Å². The molecule has 1 aromatic heterocycles. The zero-order chi connectivity index (χ0) is 16.2. The molecule has 0 atom stereocenters. The summed E-state index contributed by atoms with van der Waals surface area (Å²) in [6.07, 6.45) is 3.35. The van der Waals surface area contributed by atoms with Crippen LogP contribution in [0.4, 0.5) is 0 Å². The van der Waals surface area contributed by atoms with E-state index in [1.165, 1.54) is 0 Å². The largest absolute Gasteiger partial charge is 0.497 e. The minimum Gasteiger partial charge on any atom is -0.497 e. The molecule has 0 unspecified atom stereocenters. The maximum absolute atomic E-state index is 12.5. The van der Waals surface area contributed by atoms with Crippen LogP contribution < -0.4 is 14.2 Å². The number of carbonyl (C=O) groups is 1. The maximum atomic E-state index is 12.5. The molecule has 1 aliphatic heterocycles. The molecule has 6 heteroatoms. The smallest absolute Gasteiger partial charge is 0.254 e. The quantitative estimate of drug-likeness (QED) is 0.845. The molecule has 3 rings (SSSR count). The minimum absolute atomic E-state index is 0.00402. The molecule has 0 N–H and O–H groups in total. The van der Waals surface area contributed by atoms with Gasteiger partial charge in [-0.05, 0) is 24.3 Å². The van der Waals surface area contributed by atoms with E-state index in [4.69, 9.17) is 14.2 Å². The average Bonchev–Trinajstić information content (AvgIpc) is 2.57. The third-order valence-corrected chi connectivity index (χ3v) is 3.67. The molecule has 0 bridgehead atoms. The van der Waals surface area contributed by atoms with Crippen molar-refractivity contribution in [2.24, 2.45) is 0 Å². The number of pyridine rings is 1. The molecule has 1 aromatic carbocycles. The lowest BCUT2D eigenvalue weighted by atomic mass is 10.1. The average molecular weight is 314 g/mol. The number of carbonyl (C=O) groups excluding carboxylic acids is 1. The van der Waals surface area contributed by atoms with Crippen molar-refractivity contribution in [2.75, 3.05) is 27.3 Å². The van der Waals surface area contributed by atoms with Gasteiger partial charge in [0.15, 0.2) is 0 Å². The van der Waals surface area contributed by atoms with Crippen LogP contribution in [0.15, 0.2) is 42.7 Å². The first-order valence-corrected chi connectivity index (χ1v) is 7.28. The predicted molar refractivity (Wildman–Crippen MR) is 84.1 cm³/mol. The Balaban J connectivity index is 1.62. The third-order valence-electron chi connectivity index (χ3n) is 3.67. The summed E-state index contributed by atoms with van der Waals surface area (Å²) in [5.74, 6) is 1.84. The van der Waals surface area contributed by atoms with Crippen LogP contribution >= 0.6 is 0 Å². The first-order valence-electron chi connectivity index (χ1n) is 7.28. The number of hydrogen-bond acceptors (Lipinski definition) is 5. The summed E-state index contributed by atoms with van der Waals surface area (Å²) in [6, 6.07) is 8.82. The van der Waals surface area contributed by atoms with Crippen LogP contribution in [0.2, 0.25) is 0 Å². The molecule has 0 spiro atoms. The molecule has 0 aliphatic carbocycles. The Morgan fingerprint density at radius 2 is 1.83 bits per heavy atom. The lowest BCUT2D eigenvalue weighted by Gasteiger charge is -2.39. The second-order valence-electron chi connectivity index (χ2n) is 5.24. The SMILES string of the molecule is COc1cc(OC)cc(C(=O)N2CC(Oc3cccnc3)C2)c1. The fourth-order valence-electron chi connectivity index (χ4n) is 2.40. The van der Waals surface area contributed by atoms with Gasteiger partial charge in [0.1, 0.15) is 23.4 Å². The van der Waals surface area contributed by atoms with Gasteiger partial charge in [-0.1, -0.05) is 0 Å². The van der Waals surface area contributed by atoms with E-state index >= 15 is 0 Å². The van der Waals surface area contributed by atoms with Gasteiger partial charge in [-0.2, -0.15) is 0 Å². The fraction of sp³-hybridized carbons (Fsp3) is 0.294. The summed E-state index contributed by atoms with van der Waals surface area (Å²) in [5, 5.41) is 0. The van der Waals surface area contributed by atoms with Gasteiger partial charge in [-0.25, -0.2) is 0 Å². The Kier molecular flexibility index (Phi) is 4.32. The first-order chi connectivity index (χ1) is 11.2. The van der Waals surface area contributed by atoms with Crippen molar-refractivity contribution < 1.29 is 19.0 Å². The lowest BCUT2D eigenvalue weighted by Crippen LogP contribution is -2.56. The van der Waals surface area contributed by atoms with Gasteiger partial charge >= 0.3 is 0 Å². The van der Waals surface area contributed by atoms with Crippen molar-refractivity contribution in [3.8, 4) is 17.2 Å². The first kappa shape index (κ1) is 15.1. The van der Waals surface area contributed by atoms with Crippen LogP contribution in [0, 0.1) is 0 Å². The van der Waals surface area contributed by atoms with Crippen molar-refractivity contribution in [3.05, 3.63) is 48.3 Å². The highest BCUT2D eigenvalue weighted by atomic mass is 16.5. The number of methoxy groups -OCH3 is 2. The van der Waals surface area contributed by atoms with Crippen molar-refractivity contribution in [1.82, 2.24) is 9.88 Å². The summed E-state index contributed by atoms with van der Waals surface area (Å²) in [4.78, 5) is 18.2. The number of benzene rings is 1. The highest BCUT2D eigenvalue weighted by molar-refractivity contribution is 5.95. The third kappa shape index (κ3) is 3.36. The molecule has 120 valence electrons. The number of likely N-dealkylation sites (tertiary alicyclic amines) is 1.